The molecular formula is C22H30N4O3S. The van der Waals surface area contributed by atoms with E-state index in [1.807, 2.05) is 30.8 Å². The molecule has 1 aromatic carbocycles. The molecule has 1 saturated heterocycles. The van der Waals surface area contributed by atoms with E-state index in [1.165, 1.54) is 0 Å². The fraction of sp³-hybridized carbons (Fsp3) is 0.500. The second kappa shape index (κ2) is 11.2. The number of ether oxygens (including phenoxy) is 2. The maximum atomic E-state index is 12.4. The number of rotatable bonds is 9. The zero-order chi connectivity index (χ0) is 21.3. The number of likely N-dealkylation sites (tertiary alicyclic amines) is 1. The van der Waals surface area contributed by atoms with Gasteiger partial charge in [-0.15, -0.1) is 0 Å². The average molecular weight is 431 g/mol. The summed E-state index contributed by atoms with van der Waals surface area (Å²) < 4.78 is 10.5. The van der Waals surface area contributed by atoms with Crippen LogP contribution in [0.5, 0.6) is 11.5 Å². The number of carbonyl (C=O) groups is 1. The summed E-state index contributed by atoms with van der Waals surface area (Å²) in [5.74, 6) is 1.90. The first-order valence-electron chi connectivity index (χ1n) is 10.2. The second-order valence-corrected chi connectivity index (χ2v) is 8.22. The molecule has 0 aliphatic carbocycles. The molecule has 0 spiro atoms. The van der Waals surface area contributed by atoms with Gasteiger partial charge in [-0.1, -0.05) is 11.8 Å². The lowest BCUT2D eigenvalue weighted by Gasteiger charge is -2.31. The predicted molar refractivity (Wildman–Crippen MR) is 119 cm³/mol. The first-order valence-corrected chi connectivity index (χ1v) is 11.4. The van der Waals surface area contributed by atoms with E-state index in [2.05, 4.69) is 20.2 Å². The van der Waals surface area contributed by atoms with Crippen LogP contribution < -0.4 is 14.8 Å². The molecule has 2 heterocycles. The van der Waals surface area contributed by atoms with Crippen LogP contribution in [-0.4, -0.2) is 54.3 Å². The summed E-state index contributed by atoms with van der Waals surface area (Å²) in [4.78, 5) is 23.5. The van der Waals surface area contributed by atoms with Gasteiger partial charge in [-0.2, -0.15) is 0 Å². The minimum absolute atomic E-state index is 0.0203. The second-order valence-electron chi connectivity index (χ2n) is 7.45. The molecule has 162 valence electrons. The van der Waals surface area contributed by atoms with E-state index in [0.29, 0.717) is 29.5 Å². The highest BCUT2D eigenvalue weighted by atomic mass is 32.2. The van der Waals surface area contributed by atoms with Crippen LogP contribution in [-0.2, 0) is 11.3 Å². The Morgan fingerprint density at radius 3 is 2.57 bits per heavy atom. The molecule has 1 aliphatic rings. The van der Waals surface area contributed by atoms with Crippen molar-refractivity contribution in [3.05, 3.63) is 36.2 Å². The molecule has 3 rings (SSSR count). The monoisotopic (exact) mass is 430 g/mol. The van der Waals surface area contributed by atoms with Crippen molar-refractivity contribution < 1.29 is 14.3 Å². The van der Waals surface area contributed by atoms with Gasteiger partial charge in [0.15, 0.2) is 5.16 Å². The largest absolute Gasteiger partial charge is 0.497 e. The van der Waals surface area contributed by atoms with Crippen molar-refractivity contribution in [2.75, 3.05) is 38.9 Å². The Hall–Kier alpha value is -2.32. The number of methoxy groups -OCH3 is 2. The zero-order valence-corrected chi connectivity index (χ0v) is 18.7. The Morgan fingerprint density at radius 1 is 1.20 bits per heavy atom. The standard InChI is InChI=1S/C22H30N4O3S/c1-28-18-5-6-19(20(12-18)29-2)25-21(27)7-4-16-8-10-26(11-9-16)15-17-13-23-22(30-3)24-14-17/h5-6,12-14,16H,4,7-11,15H2,1-3H3,(H,25,27). The van der Waals surface area contributed by atoms with Crippen molar-refractivity contribution in [2.45, 2.75) is 37.4 Å². The summed E-state index contributed by atoms with van der Waals surface area (Å²) in [6.07, 6.45) is 9.47. The van der Waals surface area contributed by atoms with E-state index in [4.69, 9.17) is 9.47 Å². The number of hydrogen-bond donors (Lipinski definition) is 1. The minimum atomic E-state index is 0.0203. The molecule has 1 aromatic heterocycles. The van der Waals surface area contributed by atoms with Crippen LogP contribution in [0.25, 0.3) is 0 Å². The van der Waals surface area contributed by atoms with Crippen LogP contribution in [0.1, 0.15) is 31.2 Å². The van der Waals surface area contributed by atoms with Crippen LogP contribution in [0, 0.1) is 5.92 Å². The van der Waals surface area contributed by atoms with Gasteiger partial charge in [0.2, 0.25) is 5.91 Å². The van der Waals surface area contributed by atoms with Crippen LogP contribution in [0.3, 0.4) is 0 Å². The number of benzene rings is 1. The van der Waals surface area contributed by atoms with E-state index in [9.17, 15) is 4.79 Å². The highest BCUT2D eigenvalue weighted by Crippen LogP contribution is 2.29. The molecule has 0 bridgehead atoms. The summed E-state index contributed by atoms with van der Waals surface area (Å²) in [6.45, 7) is 2.98. The Balaban J connectivity index is 1.40. The van der Waals surface area contributed by atoms with Crippen molar-refractivity contribution in [1.82, 2.24) is 14.9 Å². The lowest BCUT2D eigenvalue weighted by Crippen LogP contribution is -2.33. The molecule has 1 amide bonds. The van der Waals surface area contributed by atoms with Crippen molar-refractivity contribution in [3.63, 3.8) is 0 Å². The van der Waals surface area contributed by atoms with E-state index >= 15 is 0 Å². The third-order valence-corrected chi connectivity index (χ3v) is 6.02. The van der Waals surface area contributed by atoms with Gasteiger partial charge in [-0.05, 0) is 56.7 Å². The van der Waals surface area contributed by atoms with Crippen LogP contribution in [0.15, 0.2) is 35.7 Å². The molecule has 0 saturated carbocycles. The number of aromatic nitrogens is 2. The Labute approximate surface area is 182 Å². The fourth-order valence-electron chi connectivity index (χ4n) is 3.67. The third kappa shape index (κ3) is 6.34. The highest BCUT2D eigenvalue weighted by Gasteiger charge is 2.20. The lowest BCUT2D eigenvalue weighted by atomic mass is 9.92. The van der Waals surface area contributed by atoms with Gasteiger partial charge >= 0.3 is 0 Å². The minimum Gasteiger partial charge on any atom is -0.497 e. The summed E-state index contributed by atoms with van der Waals surface area (Å²) in [7, 11) is 3.19. The topological polar surface area (TPSA) is 76.6 Å². The van der Waals surface area contributed by atoms with Gasteiger partial charge in [0.25, 0.3) is 0 Å². The molecular weight excluding hydrogens is 400 g/mol. The molecule has 0 radical (unpaired) electrons. The number of anilines is 1. The number of piperidine rings is 1. The van der Waals surface area contributed by atoms with E-state index < -0.39 is 0 Å². The molecule has 2 aromatic rings. The Morgan fingerprint density at radius 2 is 1.93 bits per heavy atom. The van der Waals surface area contributed by atoms with Crippen LogP contribution in [0.2, 0.25) is 0 Å². The van der Waals surface area contributed by atoms with Gasteiger partial charge in [-0.3, -0.25) is 9.69 Å². The highest BCUT2D eigenvalue weighted by molar-refractivity contribution is 7.98. The fourth-order valence-corrected chi connectivity index (χ4v) is 3.99. The molecule has 0 unspecified atom stereocenters. The predicted octanol–water partition coefficient (Wildman–Crippen LogP) is 3.85. The summed E-state index contributed by atoms with van der Waals surface area (Å²) in [6, 6.07) is 5.39. The van der Waals surface area contributed by atoms with Crippen molar-refractivity contribution >= 4 is 23.4 Å². The molecule has 30 heavy (non-hydrogen) atoms. The third-order valence-electron chi connectivity index (χ3n) is 5.44. The van der Waals surface area contributed by atoms with E-state index in [-0.39, 0.29) is 5.91 Å². The molecule has 1 N–H and O–H groups in total. The van der Waals surface area contributed by atoms with Crippen molar-refractivity contribution in [3.8, 4) is 11.5 Å². The maximum absolute atomic E-state index is 12.4. The zero-order valence-electron chi connectivity index (χ0n) is 17.9. The molecule has 0 atom stereocenters. The number of nitrogens with one attached hydrogen (secondary N) is 1. The molecule has 8 heteroatoms. The average Bonchev–Trinajstić information content (AvgIpc) is 2.79. The number of hydrogen-bond acceptors (Lipinski definition) is 7. The lowest BCUT2D eigenvalue weighted by molar-refractivity contribution is -0.116. The summed E-state index contributed by atoms with van der Waals surface area (Å²) in [5, 5.41) is 3.77. The number of nitrogens with zero attached hydrogens (tertiary/aromatic N) is 3. The van der Waals surface area contributed by atoms with E-state index in [1.54, 1.807) is 32.0 Å². The Kier molecular flexibility index (Phi) is 8.33. The van der Waals surface area contributed by atoms with Gasteiger partial charge in [0.1, 0.15) is 11.5 Å². The Bertz CT molecular complexity index is 824. The van der Waals surface area contributed by atoms with Crippen LogP contribution in [0.4, 0.5) is 5.69 Å². The molecule has 7 nitrogen and oxygen atoms in total. The number of amides is 1. The summed E-state index contributed by atoms with van der Waals surface area (Å²) >= 11 is 1.55. The SMILES string of the molecule is COc1ccc(NC(=O)CCC2CCN(Cc3cnc(SC)nc3)CC2)c(OC)c1. The molecule has 1 aliphatic heterocycles. The van der Waals surface area contributed by atoms with Gasteiger partial charge in [0, 0.05) is 37.0 Å². The number of carbonyl (C=O) groups excluding carboxylic acids is 1. The van der Waals surface area contributed by atoms with Gasteiger partial charge in [0.05, 0.1) is 19.9 Å². The maximum Gasteiger partial charge on any atom is 0.224 e. The smallest absolute Gasteiger partial charge is 0.224 e. The summed E-state index contributed by atoms with van der Waals surface area (Å²) in [5.41, 5.74) is 1.83. The normalized spacial score (nSPS) is 15.0. The van der Waals surface area contributed by atoms with Gasteiger partial charge < -0.3 is 14.8 Å². The van der Waals surface area contributed by atoms with Crippen molar-refractivity contribution in [2.24, 2.45) is 5.92 Å². The molecule has 1 fully saturated rings. The first kappa shape index (κ1) is 22.4. The van der Waals surface area contributed by atoms with Crippen LogP contribution >= 0.6 is 11.8 Å². The van der Waals surface area contributed by atoms with E-state index in [0.717, 1.165) is 49.6 Å². The quantitative estimate of drug-likeness (QED) is 0.478. The first-order chi connectivity index (χ1) is 14.6. The number of thioether (sulfide) groups is 1. The van der Waals surface area contributed by atoms with Crippen molar-refractivity contribution in [1.29, 1.82) is 0 Å². The van der Waals surface area contributed by atoms with Gasteiger partial charge in [-0.25, -0.2) is 9.97 Å².